The van der Waals surface area contributed by atoms with Gasteiger partial charge in [0.25, 0.3) is 0 Å². The van der Waals surface area contributed by atoms with Crippen LogP contribution in [-0.4, -0.2) is 26.2 Å². The molecule has 0 saturated carbocycles. The largest absolute Gasteiger partial charge is 0.497 e. The van der Waals surface area contributed by atoms with E-state index in [4.69, 9.17) is 15.2 Å². The second-order valence-corrected chi connectivity index (χ2v) is 4.22. The van der Waals surface area contributed by atoms with Crippen LogP contribution in [0.2, 0.25) is 0 Å². The van der Waals surface area contributed by atoms with Crippen molar-refractivity contribution in [3.8, 4) is 5.75 Å². The van der Waals surface area contributed by atoms with Crippen molar-refractivity contribution in [3.63, 3.8) is 0 Å². The summed E-state index contributed by atoms with van der Waals surface area (Å²) in [4.78, 5) is 11.7. The summed E-state index contributed by atoms with van der Waals surface area (Å²) in [5.74, 6) is 0.612. The highest BCUT2D eigenvalue weighted by Gasteiger charge is 2.06. The number of anilines is 2. The van der Waals surface area contributed by atoms with E-state index in [1.54, 1.807) is 25.3 Å². The topological polar surface area (TPSA) is 73.6 Å². The summed E-state index contributed by atoms with van der Waals surface area (Å²) in [6.45, 7) is 3.41. The molecule has 5 heteroatoms. The van der Waals surface area contributed by atoms with Crippen molar-refractivity contribution in [1.29, 1.82) is 0 Å². The molecule has 0 fully saturated rings. The van der Waals surface area contributed by atoms with Crippen LogP contribution in [0.3, 0.4) is 0 Å². The Kier molecular flexibility index (Phi) is 6.74. The zero-order valence-electron chi connectivity index (χ0n) is 11.6. The van der Waals surface area contributed by atoms with Crippen molar-refractivity contribution in [2.75, 3.05) is 31.4 Å². The molecule has 1 aromatic carbocycles. The first-order valence-corrected chi connectivity index (χ1v) is 6.48. The maximum absolute atomic E-state index is 11.7. The monoisotopic (exact) mass is 266 g/mol. The summed E-state index contributed by atoms with van der Waals surface area (Å²) < 4.78 is 10.4. The van der Waals surface area contributed by atoms with E-state index in [1.165, 1.54) is 0 Å². The molecule has 1 aromatic rings. The second kappa shape index (κ2) is 8.37. The number of nitrogen functional groups attached to an aromatic ring is 1. The molecule has 0 heterocycles. The van der Waals surface area contributed by atoms with Gasteiger partial charge in [0.05, 0.1) is 18.5 Å². The lowest BCUT2D eigenvalue weighted by atomic mass is 10.2. The molecule has 1 rings (SSSR count). The lowest BCUT2D eigenvalue weighted by Crippen LogP contribution is -2.13. The normalized spacial score (nSPS) is 10.2. The maximum Gasteiger partial charge on any atom is 0.224 e. The lowest BCUT2D eigenvalue weighted by molar-refractivity contribution is -0.116. The molecule has 0 unspecified atom stereocenters. The van der Waals surface area contributed by atoms with Crippen LogP contribution in [0.15, 0.2) is 18.2 Å². The van der Waals surface area contributed by atoms with Crippen LogP contribution >= 0.6 is 0 Å². The number of ether oxygens (including phenoxy) is 2. The van der Waals surface area contributed by atoms with E-state index in [0.29, 0.717) is 36.6 Å². The van der Waals surface area contributed by atoms with Gasteiger partial charge in [-0.15, -0.1) is 0 Å². The summed E-state index contributed by atoms with van der Waals surface area (Å²) in [6, 6.07) is 5.18. The Bertz CT molecular complexity index is 408. The summed E-state index contributed by atoms with van der Waals surface area (Å²) in [6.07, 6.45) is 2.13. The quantitative estimate of drug-likeness (QED) is 0.560. The molecule has 0 aliphatic rings. The van der Waals surface area contributed by atoms with Gasteiger partial charge >= 0.3 is 0 Å². The highest BCUT2D eigenvalue weighted by atomic mass is 16.5. The zero-order chi connectivity index (χ0) is 14.1. The fourth-order valence-corrected chi connectivity index (χ4v) is 1.58. The van der Waals surface area contributed by atoms with E-state index in [0.717, 1.165) is 13.0 Å². The summed E-state index contributed by atoms with van der Waals surface area (Å²) in [5.41, 5.74) is 6.93. The Hall–Kier alpha value is -1.75. The van der Waals surface area contributed by atoms with Gasteiger partial charge in [0.1, 0.15) is 5.75 Å². The molecular weight excluding hydrogens is 244 g/mol. The van der Waals surface area contributed by atoms with Gasteiger partial charge in [-0.1, -0.05) is 6.92 Å². The number of nitrogens with one attached hydrogen (secondary N) is 1. The highest BCUT2D eigenvalue weighted by molar-refractivity contribution is 5.93. The second-order valence-electron chi connectivity index (χ2n) is 4.22. The maximum atomic E-state index is 11.7. The van der Waals surface area contributed by atoms with Crippen LogP contribution in [0.1, 0.15) is 26.2 Å². The van der Waals surface area contributed by atoms with Crippen LogP contribution in [0.25, 0.3) is 0 Å². The van der Waals surface area contributed by atoms with Crippen LogP contribution in [0, 0.1) is 0 Å². The van der Waals surface area contributed by atoms with E-state index in [9.17, 15) is 4.79 Å². The molecule has 1 amide bonds. The van der Waals surface area contributed by atoms with E-state index in [2.05, 4.69) is 12.2 Å². The molecule has 0 aromatic heterocycles. The van der Waals surface area contributed by atoms with Crippen LogP contribution < -0.4 is 15.8 Å². The Morgan fingerprint density at radius 1 is 1.37 bits per heavy atom. The molecule has 0 bridgehead atoms. The average Bonchev–Trinajstić information content (AvgIpc) is 2.41. The Morgan fingerprint density at radius 3 is 2.79 bits per heavy atom. The van der Waals surface area contributed by atoms with Crippen LogP contribution in [-0.2, 0) is 9.53 Å². The Balaban J connectivity index is 2.36. The lowest BCUT2D eigenvalue weighted by Gasteiger charge is -2.09. The fraction of sp³-hybridized carbons (Fsp3) is 0.500. The highest BCUT2D eigenvalue weighted by Crippen LogP contribution is 2.24. The van der Waals surface area contributed by atoms with Gasteiger partial charge < -0.3 is 20.5 Å². The molecule has 0 aliphatic carbocycles. The number of rotatable bonds is 8. The minimum atomic E-state index is -0.0584. The minimum absolute atomic E-state index is 0.0584. The van der Waals surface area contributed by atoms with Gasteiger partial charge in [-0.05, 0) is 25.0 Å². The average molecular weight is 266 g/mol. The minimum Gasteiger partial charge on any atom is -0.497 e. The van der Waals surface area contributed by atoms with Crippen LogP contribution in [0.5, 0.6) is 5.75 Å². The van der Waals surface area contributed by atoms with E-state index < -0.39 is 0 Å². The number of methoxy groups -OCH3 is 1. The van der Waals surface area contributed by atoms with Gasteiger partial charge in [-0.25, -0.2) is 0 Å². The fourth-order valence-electron chi connectivity index (χ4n) is 1.58. The predicted molar refractivity (Wildman–Crippen MR) is 76.4 cm³/mol. The molecule has 0 spiro atoms. The number of hydrogen-bond donors (Lipinski definition) is 2. The van der Waals surface area contributed by atoms with Crippen molar-refractivity contribution < 1.29 is 14.3 Å². The molecule has 106 valence electrons. The first kappa shape index (κ1) is 15.3. The van der Waals surface area contributed by atoms with Gasteiger partial charge in [0.15, 0.2) is 0 Å². The molecule has 5 nitrogen and oxygen atoms in total. The molecule has 0 saturated heterocycles. The number of benzene rings is 1. The van der Waals surface area contributed by atoms with Gasteiger partial charge in [-0.3, -0.25) is 4.79 Å². The van der Waals surface area contributed by atoms with E-state index in [1.807, 2.05) is 0 Å². The molecule has 19 heavy (non-hydrogen) atoms. The van der Waals surface area contributed by atoms with Crippen LogP contribution in [0.4, 0.5) is 11.4 Å². The Morgan fingerprint density at radius 2 is 2.16 bits per heavy atom. The molecule has 0 atom stereocenters. The number of carbonyl (C=O) groups excluding carboxylic acids is 1. The zero-order valence-corrected chi connectivity index (χ0v) is 11.6. The summed E-state index contributed by atoms with van der Waals surface area (Å²) >= 11 is 0. The standard InChI is InChI=1S/C14H22N2O3/c1-3-8-19-9-4-5-14(17)16-13-7-6-11(18-2)10-12(13)15/h6-7,10H,3-5,8-9,15H2,1-2H3,(H,16,17). The smallest absolute Gasteiger partial charge is 0.224 e. The SMILES string of the molecule is CCCOCCCC(=O)Nc1ccc(OC)cc1N. The molecule has 0 aliphatic heterocycles. The first-order chi connectivity index (χ1) is 9.17. The van der Waals surface area contributed by atoms with Gasteiger partial charge in [0, 0.05) is 25.7 Å². The van der Waals surface area contributed by atoms with E-state index in [-0.39, 0.29) is 5.91 Å². The predicted octanol–water partition coefficient (Wildman–Crippen LogP) is 2.42. The van der Waals surface area contributed by atoms with Gasteiger partial charge in [0.2, 0.25) is 5.91 Å². The summed E-state index contributed by atoms with van der Waals surface area (Å²) in [5, 5.41) is 2.78. The first-order valence-electron chi connectivity index (χ1n) is 6.48. The molecule has 0 radical (unpaired) electrons. The molecular formula is C14H22N2O3. The number of amides is 1. The third-order valence-corrected chi connectivity index (χ3v) is 2.57. The number of carbonyl (C=O) groups is 1. The number of hydrogen-bond acceptors (Lipinski definition) is 4. The Labute approximate surface area is 114 Å². The van der Waals surface area contributed by atoms with Gasteiger partial charge in [-0.2, -0.15) is 0 Å². The third-order valence-electron chi connectivity index (χ3n) is 2.57. The van der Waals surface area contributed by atoms with Crippen molar-refractivity contribution in [3.05, 3.63) is 18.2 Å². The molecule has 3 N–H and O–H groups in total. The number of nitrogens with two attached hydrogens (primary N) is 1. The van der Waals surface area contributed by atoms with Crippen molar-refractivity contribution in [1.82, 2.24) is 0 Å². The van der Waals surface area contributed by atoms with Crippen molar-refractivity contribution in [2.24, 2.45) is 0 Å². The third kappa shape index (κ3) is 5.61. The summed E-state index contributed by atoms with van der Waals surface area (Å²) in [7, 11) is 1.57. The van der Waals surface area contributed by atoms with Crippen molar-refractivity contribution >= 4 is 17.3 Å². The van der Waals surface area contributed by atoms with Crippen molar-refractivity contribution in [2.45, 2.75) is 26.2 Å². The van der Waals surface area contributed by atoms with E-state index >= 15 is 0 Å².